The summed E-state index contributed by atoms with van der Waals surface area (Å²) >= 11 is 0. The van der Waals surface area contributed by atoms with Crippen molar-refractivity contribution in [2.45, 2.75) is 13.3 Å². The number of primary sulfonamides is 1. The number of esters is 1. The molecule has 2 N–H and O–H groups in total. The number of carbonyl (C=O) groups is 2. The SMILES string of the molecule is COC(=O)c1cc(N2CC(CS(N)(=O)=O)CC2=O)c(C)cc1F. The molecule has 1 unspecified atom stereocenters. The molecule has 0 aromatic heterocycles. The summed E-state index contributed by atoms with van der Waals surface area (Å²) in [7, 11) is -2.56. The Hall–Kier alpha value is -2.00. The van der Waals surface area contributed by atoms with Gasteiger partial charge in [0.1, 0.15) is 5.82 Å². The first-order chi connectivity index (χ1) is 10.6. The van der Waals surface area contributed by atoms with Crippen LogP contribution in [0.2, 0.25) is 0 Å². The second kappa shape index (κ2) is 6.25. The van der Waals surface area contributed by atoms with Crippen LogP contribution < -0.4 is 10.0 Å². The molecule has 1 atom stereocenters. The van der Waals surface area contributed by atoms with Gasteiger partial charge in [-0.2, -0.15) is 0 Å². The first-order valence-electron chi connectivity index (χ1n) is 6.81. The number of anilines is 1. The number of benzene rings is 1. The van der Waals surface area contributed by atoms with Gasteiger partial charge in [-0.3, -0.25) is 4.79 Å². The van der Waals surface area contributed by atoms with E-state index in [0.29, 0.717) is 11.3 Å². The third-order valence-electron chi connectivity index (χ3n) is 3.65. The van der Waals surface area contributed by atoms with E-state index in [-0.39, 0.29) is 30.2 Å². The van der Waals surface area contributed by atoms with Crippen LogP contribution in [0.4, 0.5) is 10.1 Å². The minimum absolute atomic E-state index is 0.0286. The Morgan fingerprint density at radius 1 is 1.48 bits per heavy atom. The molecular weight excluding hydrogens is 327 g/mol. The molecule has 0 spiro atoms. The molecule has 126 valence electrons. The van der Waals surface area contributed by atoms with Crippen molar-refractivity contribution in [1.29, 1.82) is 0 Å². The lowest BCUT2D eigenvalue weighted by Crippen LogP contribution is -2.28. The molecule has 2 rings (SSSR count). The molecule has 0 saturated carbocycles. The summed E-state index contributed by atoms with van der Waals surface area (Å²) in [5.74, 6) is -2.64. The van der Waals surface area contributed by atoms with E-state index in [0.717, 1.165) is 13.2 Å². The maximum absolute atomic E-state index is 13.9. The van der Waals surface area contributed by atoms with Gasteiger partial charge in [-0.25, -0.2) is 22.7 Å². The Morgan fingerprint density at radius 2 is 2.13 bits per heavy atom. The number of rotatable bonds is 4. The number of ether oxygens (including phenoxy) is 1. The summed E-state index contributed by atoms with van der Waals surface area (Å²) in [4.78, 5) is 25.1. The fourth-order valence-electron chi connectivity index (χ4n) is 2.67. The average Bonchev–Trinajstić information content (AvgIpc) is 2.76. The summed E-state index contributed by atoms with van der Waals surface area (Å²) in [5, 5.41) is 5.01. The Morgan fingerprint density at radius 3 is 2.70 bits per heavy atom. The van der Waals surface area contributed by atoms with Crippen LogP contribution in [0.5, 0.6) is 0 Å². The van der Waals surface area contributed by atoms with Crippen molar-refractivity contribution < 1.29 is 27.1 Å². The molecule has 1 saturated heterocycles. The molecule has 1 aliphatic rings. The zero-order valence-corrected chi connectivity index (χ0v) is 13.5. The van der Waals surface area contributed by atoms with E-state index in [1.165, 1.54) is 11.0 Å². The second-order valence-corrected chi connectivity index (χ2v) is 7.17. The standard InChI is InChI=1S/C14H17FN2O5S/c1-8-3-11(15)10(14(19)22-2)5-12(8)17-6-9(4-13(17)18)7-23(16,20)21/h3,5,9H,4,6-7H2,1-2H3,(H2,16,20,21). The van der Waals surface area contributed by atoms with Gasteiger partial charge in [0.2, 0.25) is 15.9 Å². The zero-order valence-electron chi connectivity index (χ0n) is 12.7. The Kier molecular flexibility index (Phi) is 4.71. The number of hydrogen-bond acceptors (Lipinski definition) is 5. The fraction of sp³-hybridized carbons (Fsp3) is 0.429. The predicted octanol–water partition coefficient (Wildman–Crippen LogP) is 0.562. The molecular formula is C14H17FN2O5S. The lowest BCUT2D eigenvalue weighted by Gasteiger charge is -2.20. The number of sulfonamides is 1. The van der Waals surface area contributed by atoms with Gasteiger partial charge in [0, 0.05) is 24.6 Å². The Balaban J connectivity index is 2.35. The Labute approximate surface area is 133 Å². The summed E-state index contributed by atoms with van der Waals surface area (Å²) in [6.45, 7) is 1.74. The number of halogens is 1. The van der Waals surface area contributed by atoms with Crippen LogP contribution in [0.1, 0.15) is 22.3 Å². The summed E-state index contributed by atoms with van der Waals surface area (Å²) in [5.41, 5.74) is 0.532. The van der Waals surface area contributed by atoms with E-state index in [9.17, 15) is 22.4 Å². The van der Waals surface area contributed by atoms with E-state index < -0.39 is 27.7 Å². The van der Waals surface area contributed by atoms with Crippen LogP contribution in [0.3, 0.4) is 0 Å². The van der Waals surface area contributed by atoms with Crippen LogP contribution >= 0.6 is 0 Å². The minimum atomic E-state index is -3.69. The van der Waals surface area contributed by atoms with Crippen molar-refractivity contribution in [3.05, 3.63) is 29.1 Å². The highest BCUT2D eigenvalue weighted by atomic mass is 32.2. The molecule has 1 aromatic carbocycles. The molecule has 1 fully saturated rings. The van der Waals surface area contributed by atoms with Gasteiger partial charge in [0.05, 0.1) is 18.4 Å². The van der Waals surface area contributed by atoms with Gasteiger partial charge in [0.15, 0.2) is 0 Å². The number of nitrogens with two attached hydrogens (primary N) is 1. The van der Waals surface area contributed by atoms with E-state index >= 15 is 0 Å². The maximum atomic E-state index is 13.9. The minimum Gasteiger partial charge on any atom is -0.465 e. The lowest BCUT2D eigenvalue weighted by atomic mass is 10.1. The van der Waals surface area contributed by atoms with Crippen LogP contribution in [0.25, 0.3) is 0 Å². The molecule has 1 aromatic rings. The van der Waals surface area contributed by atoms with E-state index in [1.807, 2.05) is 0 Å². The quantitative estimate of drug-likeness (QED) is 0.803. The predicted molar refractivity (Wildman–Crippen MR) is 80.9 cm³/mol. The molecule has 0 bridgehead atoms. The number of aryl methyl sites for hydroxylation is 1. The van der Waals surface area contributed by atoms with E-state index in [4.69, 9.17) is 5.14 Å². The zero-order chi connectivity index (χ0) is 17.4. The van der Waals surface area contributed by atoms with Crippen LogP contribution in [-0.4, -0.2) is 39.7 Å². The van der Waals surface area contributed by atoms with Crippen molar-refractivity contribution in [3.63, 3.8) is 0 Å². The molecule has 1 aliphatic heterocycles. The van der Waals surface area contributed by atoms with Crippen molar-refractivity contribution in [3.8, 4) is 0 Å². The molecule has 9 heteroatoms. The highest BCUT2D eigenvalue weighted by Gasteiger charge is 2.34. The number of methoxy groups -OCH3 is 1. The van der Waals surface area contributed by atoms with Crippen molar-refractivity contribution in [2.75, 3.05) is 24.3 Å². The van der Waals surface area contributed by atoms with Gasteiger partial charge in [-0.05, 0) is 24.6 Å². The maximum Gasteiger partial charge on any atom is 0.340 e. The monoisotopic (exact) mass is 344 g/mol. The molecule has 23 heavy (non-hydrogen) atoms. The van der Waals surface area contributed by atoms with Crippen molar-refractivity contribution in [1.82, 2.24) is 0 Å². The van der Waals surface area contributed by atoms with E-state index in [2.05, 4.69) is 4.74 Å². The van der Waals surface area contributed by atoms with Crippen LogP contribution in [0, 0.1) is 18.7 Å². The first-order valence-corrected chi connectivity index (χ1v) is 8.53. The number of carbonyl (C=O) groups excluding carboxylic acids is 2. The smallest absolute Gasteiger partial charge is 0.340 e. The topological polar surface area (TPSA) is 107 Å². The molecule has 1 amide bonds. The molecule has 0 aliphatic carbocycles. The third kappa shape index (κ3) is 3.85. The first kappa shape index (κ1) is 17.4. The van der Waals surface area contributed by atoms with Crippen molar-refractivity contribution in [2.24, 2.45) is 11.1 Å². The second-order valence-electron chi connectivity index (χ2n) is 5.51. The van der Waals surface area contributed by atoms with Crippen LogP contribution in [-0.2, 0) is 19.6 Å². The molecule has 0 radical (unpaired) electrons. The number of amides is 1. The van der Waals surface area contributed by atoms with Gasteiger partial charge in [-0.1, -0.05) is 0 Å². The van der Waals surface area contributed by atoms with Gasteiger partial charge < -0.3 is 9.64 Å². The lowest BCUT2D eigenvalue weighted by molar-refractivity contribution is -0.117. The number of hydrogen-bond donors (Lipinski definition) is 1. The van der Waals surface area contributed by atoms with Crippen LogP contribution in [0.15, 0.2) is 12.1 Å². The average molecular weight is 344 g/mol. The summed E-state index contributed by atoms with van der Waals surface area (Å²) < 4.78 is 40.7. The van der Waals surface area contributed by atoms with Gasteiger partial charge in [-0.15, -0.1) is 0 Å². The molecule has 1 heterocycles. The van der Waals surface area contributed by atoms with Crippen molar-refractivity contribution >= 4 is 27.6 Å². The number of nitrogens with zero attached hydrogens (tertiary/aromatic N) is 1. The fourth-order valence-corrected chi connectivity index (χ4v) is 3.55. The van der Waals surface area contributed by atoms with Gasteiger partial charge >= 0.3 is 5.97 Å². The Bertz CT molecular complexity index is 763. The summed E-state index contributed by atoms with van der Waals surface area (Å²) in [6, 6.07) is 2.38. The molecule has 7 nitrogen and oxygen atoms in total. The third-order valence-corrected chi connectivity index (χ3v) is 4.59. The normalized spacial score (nSPS) is 18.3. The summed E-state index contributed by atoms with van der Waals surface area (Å²) in [6.07, 6.45) is 0.0286. The largest absolute Gasteiger partial charge is 0.465 e. The highest BCUT2D eigenvalue weighted by Crippen LogP contribution is 2.30. The van der Waals surface area contributed by atoms with E-state index in [1.54, 1.807) is 6.92 Å². The highest BCUT2D eigenvalue weighted by molar-refractivity contribution is 7.89. The van der Waals surface area contributed by atoms with Gasteiger partial charge in [0.25, 0.3) is 0 Å².